The van der Waals surface area contributed by atoms with Crippen LogP contribution in [0.25, 0.3) is 11.2 Å². The van der Waals surface area contributed by atoms with Crippen molar-refractivity contribution in [2.75, 3.05) is 21.3 Å². The molecular formula is C20H21FN4O3. The summed E-state index contributed by atoms with van der Waals surface area (Å²) in [7, 11) is 4.69. The highest BCUT2D eigenvalue weighted by Gasteiger charge is 2.17. The average Bonchev–Trinajstić information content (AvgIpc) is 3.03. The van der Waals surface area contributed by atoms with Crippen molar-refractivity contribution < 1.29 is 18.6 Å². The van der Waals surface area contributed by atoms with Gasteiger partial charge in [0.25, 0.3) is 0 Å². The zero-order chi connectivity index (χ0) is 20.1. The van der Waals surface area contributed by atoms with Gasteiger partial charge in [0.15, 0.2) is 17.1 Å². The van der Waals surface area contributed by atoms with Gasteiger partial charge in [-0.3, -0.25) is 0 Å². The molecule has 0 saturated heterocycles. The van der Waals surface area contributed by atoms with Crippen LogP contribution in [0.1, 0.15) is 24.7 Å². The molecule has 8 heteroatoms. The largest absolute Gasteiger partial charge is 0.493 e. The molecule has 2 aromatic heterocycles. The molecule has 1 aromatic carbocycles. The fourth-order valence-electron chi connectivity index (χ4n) is 3.03. The second kappa shape index (κ2) is 8.57. The van der Waals surface area contributed by atoms with Gasteiger partial charge in [0.1, 0.15) is 11.3 Å². The van der Waals surface area contributed by atoms with Crippen LogP contribution < -0.4 is 14.2 Å². The van der Waals surface area contributed by atoms with Gasteiger partial charge in [0, 0.05) is 19.4 Å². The Morgan fingerprint density at radius 2 is 1.79 bits per heavy atom. The second-order valence-corrected chi connectivity index (χ2v) is 5.91. The highest BCUT2D eigenvalue weighted by atomic mass is 19.1. The van der Waals surface area contributed by atoms with Crippen LogP contribution >= 0.6 is 0 Å². The highest BCUT2D eigenvalue weighted by molar-refractivity contribution is 5.70. The average molecular weight is 384 g/mol. The normalized spacial score (nSPS) is 10.5. The lowest BCUT2D eigenvalue weighted by Crippen LogP contribution is -2.06. The van der Waals surface area contributed by atoms with E-state index in [1.807, 2.05) is 16.7 Å². The van der Waals surface area contributed by atoms with Crippen LogP contribution in [0.5, 0.6) is 17.2 Å². The Morgan fingerprint density at radius 3 is 2.39 bits per heavy atom. The van der Waals surface area contributed by atoms with Crippen LogP contribution in [0, 0.1) is 17.9 Å². The third-order valence-corrected chi connectivity index (χ3v) is 4.26. The molecule has 0 fully saturated rings. The van der Waals surface area contributed by atoms with E-state index in [1.165, 1.54) is 6.20 Å². The van der Waals surface area contributed by atoms with Crippen LogP contribution in [-0.4, -0.2) is 40.8 Å². The minimum absolute atomic E-state index is 0.452. The zero-order valence-electron chi connectivity index (χ0n) is 16.2. The summed E-state index contributed by atoms with van der Waals surface area (Å²) in [5.74, 6) is 8.24. The van der Waals surface area contributed by atoms with Crippen molar-refractivity contribution in [1.29, 1.82) is 0 Å². The van der Waals surface area contributed by atoms with E-state index in [9.17, 15) is 4.39 Å². The molecule has 0 amide bonds. The molecule has 3 rings (SSSR count). The summed E-state index contributed by atoms with van der Waals surface area (Å²) in [6.07, 6.45) is 1.68. The van der Waals surface area contributed by atoms with E-state index < -0.39 is 6.08 Å². The fraction of sp³-hybridized carbons (Fsp3) is 0.350. The standard InChI is InChI=1S/C20H21FN4O3/c1-5-6-7-8-25-17(23-14-12-22-20(21)24-19(14)25)11-13-9-15(26-2)18(28-4)16(10-13)27-3/h9-10,12H,7-8,11H2,1-4H3. The van der Waals surface area contributed by atoms with Crippen molar-refractivity contribution in [2.24, 2.45) is 0 Å². The number of hydrogen-bond acceptors (Lipinski definition) is 6. The summed E-state index contributed by atoms with van der Waals surface area (Å²) in [6.45, 7) is 2.33. The Labute approximate surface area is 162 Å². The van der Waals surface area contributed by atoms with Crippen LogP contribution in [0.3, 0.4) is 0 Å². The lowest BCUT2D eigenvalue weighted by molar-refractivity contribution is 0.324. The molecular weight excluding hydrogens is 363 g/mol. The highest BCUT2D eigenvalue weighted by Crippen LogP contribution is 2.38. The van der Waals surface area contributed by atoms with E-state index >= 15 is 0 Å². The number of aromatic nitrogens is 4. The molecule has 0 aliphatic heterocycles. The molecule has 0 atom stereocenters. The SMILES string of the molecule is CC#CCCn1c(Cc2cc(OC)c(OC)c(OC)c2)nc2cnc(F)nc21. The molecule has 0 unspecified atom stereocenters. The van der Waals surface area contributed by atoms with Crippen LogP contribution in [-0.2, 0) is 13.0 Å². The van der Waals surface area contributed by atoms with E-state index in [0.29, 0.717) is 47.8 Å². The van der Waals surface area contributed by atoms with Gasteiger partial charge in [-0.15, -0.1) is 11.8 Å². The maximum absolute atomic E-state index is 13.6. The molecule has 0 radical (unpaired) electrons. The van der Waals surface area contributed by atoms with Crippen molar-refractivity contribution >= 4 is 11.2 Å². The lowest BCUT2D eigenvalue weighted by atomic mass is 10.1. The minimum atomic E-state index is -0.783. The number of nitrogens with zero attached hydrogens (tertiary/aromatic N) is 4. The monoisotopic (exact) mass is 384 g/mol. The Balaban J connectivity index is 2.06. The second-order valence-electron chi connectivity index (χ2n) is 5.91. The number of halogens is 1. The number of methoxy groups -OCH3 is 3. The molecule has 146 valence electrons. The molecule has 0 spiro atoms. The number of imidazole rings is 1. The van der Waals surface area contributed by atoms with Crippen molar-refractivity contribution in [2.45, 2.75) is 26.3 Å². The molecule has 7 nitrogen and oxygen atoms in total. The number of benzene rings is 1. The van der Waals surface area contributed by atoms with Crippen molar-refractivity contribution in [3.05, 3.63) is 35.8 Å². The predicted octanol–water partition coefficient (Wildman–Crippen LogP) is 3.00. The number of hydrogen-bond donors (Lipinski definition) is 0. The predicted molar refractivity (Wildman–Crippen MR) is 102 cm³/mol. The smallest absolute Gasteiger partial charge is 0.310 e. The molecule has 0 saturated carbocycles. The molecule has 3 aromatic rings. The van der Waals surface area contributed by atoms with Gasteiger partial charge in [-0.2, -0.15) is 9.37 Å². The van der Waals surface area contributed by atoms with E-state index in [1.54, 1.807) is 28.3 Å². The summed E-state index contributed by atoms with van der Waals surface area (Å²) < 4.78 is 31.7. The van der Waals surface area contributed by atoms with Gasteiger partial charge >= 0.3 is 6.08 Å². The first-order valence-electron chi connectivity index (χ1n) is 8.67. The van der Waals surface area contributed by atoms with Gasteiger partial charge in [-0.1, -0.05) is 0 Å². The summed E-state index contributed by atoms with van der Waals surface area (Å²) in [5.41, 5.74) is 1.89. The Morgan fingerprint density at radius 1 is 1.07 bits per heavy atom. The van der Waals surface area contributed by atoms with Crippen LogP contribution in [0.15, 0.2) is 18.3 Å². The number of rotatable bonds is 7. The Kier molecular flexibility index (Phi) is 5.94. The topological polar surface area (TPSA) is 71.3 Å². The summed E-state index contributed by atoms with van der Waals surface area (Å²) >= 11 is 0. The van der Waals surface area contributed by atoms with Crippen molar-refractivity contribution in [3.63, 3.8) is 0 Å². The quantitative estimate of drug-likeness (QED) is 0.461. The molecule has 2 heterocycles. The van der Waals surface area contributed by atoms with Crippen molar-refractivity contribution in [1.82, 2.24) is 19.5 Å². The van der Waals surface area contributed by atoms with Gasteiger partial charge in [0.2, 0.25) is 5.75 Å². The molecule has 0 aliphatic rings. The third kappa shape index (κ3) is 3.83. The van der Waals surface area contributed by atoms with E-state index in [-0.39, 0.29) is 0 Å². The van der Waals surface area contributed by atoms with Gasteiger partial charge in [-0.05, 0) is 24.6 Å². The van der Waals surface area contributed by atoms with Gasteiger partial charge in [0.05, 0.1) is 27.5 Å². The maximum Gasteiger partial charge on any atom is 0.310 e. The fourth-order valence-corrected chi connectivity index (χ4v) is 3.03. The molecule has 0 bridgehead atoms. The van der Waals surface area contributed by atoms with Crippen LogP contribution in [0.4, 0.5) is 4.39 Å². The molecule has 0 aliphatic carbocycles. The minimum Gasteiger partial charge on any atom is -0.493 e. The first-order valence-corrected chi connectivity index (χ1v) is 8.67. The third-order valence-electron chi connectivity index (χ3n) is 4.26. The summed E-state index contributed by atoms with van der Waals surface area (Å²) in [4.78, 5) is 12.1. The van der Waals surface area contributed by atoms with E-state index in [0.717, 1.165) is 11.4 Å². The first kappa shape index (κ1) is 19.4. The number of fused-ring (bicyclic) bond motifs is 1. The van der Waals surface area contributed by atoms with E-state index in [4.69, 9.17) is 14.2 Å². The lowest BCUT2D eigenvalue weighted by Gasteiger charge is -2.14. The van der Waals surface area contributed by atoms with Crippen molar-refractivity contribution in [3.8, 4) is 29.1 Å². The molecule has 0 N–H and O–H groups in total. The Bertz CT molecular complexity index is 1030. The summed E-state index contributed by atoms with van der Waals surface area (Å²) in [5, 5.41) is 0. The number of aryl methyl sites for hydroxylation is 1. The van der Waals surface area contributed by atoms with Gasteiger partial charge < -0.3 is 18.8 Å². The van der Waals surface area contributed by atoms with Crippen LogP contribution in [0.2, 0.25) is 0 Å². The van der Waals surface area contributed by atoms with E-state index in [2.05, 4.69) is 26.8 Å². The maximum atomic E-state index is 13.6. The first-order chi connectivity index (χ1) is 13.6. The number of ether oxygens (including phenoxy) is 3. The zero-order valence-corrected chi connectivity index (χ0v) is 16.2. The van der Waals surface area contributed by atoms with Gasteiger partial charge in [-0.25, -0.2) is 9.97 Å². The summed E-state index contributed by atoms with van der Waals surface area (Å²) in [6, 6.07) is 3.73. The molecule has 28 heavy (non-hydrogen) atoms. The Hall–Kier alpha value is -3.34.